The Morgan fingerprint density at radius 3 is 2.56 bits per heavy atom. The zero-order chi connectivity index (χ0) is 13.0. The average molecular weight is 243 g/mol. The predicted octanol–water partition coefficient (Wildman–Crippen LogP) is 3.13. The van der Waals surface area contributed by atoms with E-state index in [9.17, 15) is 0 Å². The molecule has 0 spiro atoms. The SMILES string of the molecule is CCc1ccc(C(C)NCc2nc[nH]c2C)cc1. The molecule has 96 valence electrons. The number of imidazole rings is 1. The quantitative estimate of drug-likeness (QED) is 0.847. The van der Waals surface area contributed by atoms with Gasteiger partial charge in [0.2, 0.25) is 0 Å². The van der Waals surface area contributed by atoms with Gasteiger partial charge in [-0.05, 0) is 31.4 Å². The van der Waals surface area contributed by atoms with Gasteiger partial charge in [0.05, 0.1) is 12.0 Å². The van der Waals surface area contributed by atoms with Gasteiger partial charge in [0.15, 0.2) is 0 Å². The van der Waals surface area contributed by atoms with Gasteiger partial charge in [-0.1, -0.05) is 31.2 Å². The van der Waals surface area contributed by atoms with Crippen molar-refractivity contribution in [3.05, 3.63) is 53.1 Å². The van der Waals surface area contributed by atoms with Crippen LogP contribution in [-0.4, -0.2) is 9.97 Å². The molecule has 3 nitrogen and oxygen atoms in total. The Morgan fingerprint density at radius 1 is 1.28 bits per heavy atom. The molecule has 2 rings (SSSR count). The van der Waals surface area contributed by atoms with Gasteiger partial charge in [-0.25, -0.2) is 4.98 Å². The fraction of sp³-hybridized carbons (Fsp3) is 0.400. The first kappa shape index (κ1) is 12.8. The van der Waals surface area contributed by atoms with Gasteiger partial charge in [0, 0.05) is 18.3 Å². The second-order valence-electron chi connectivity index (χ2n) is 4.67. The van der Waals surface area contributed by atoms with E-state index in [1.807, 2.05) is 6.92 Å². The Morgan fingerprint density at radius 2 is 2.00 bits per heavy atom. The van der Waals surface area contributed by atoms with Crippen LogP contribution in [0, 0.1) is 6.92 Å². The van der Waals surface area contributed by atoms with Crippen molar-refractivity contribution in [2.45, 2.75) is 39.8 Å². The molecule has 0 radical (unpaired) electrons. The minimum absolute atomic E-state index is 0.340. The molecule has 0 fully saturated rings. The van der Waals surface area contributed by atoms with Crippen LogP contribution in [0.1, 0.15) is 42.4 Å². The third-order valence-corrected chi connectivity index (χ3v) is 3.40. The largest absolute Gasteiger partial charge is 0.348 e. The lowest BCUT2D eigenvalue weighted by Crippen LogP contribution is -2.18. The molecule has 0 saturated heterocycles. The van der Waals surface area contributed by atoms with Crippen LogP contribution in [0.25, 0.3) is 0 Å². The Bertz CT molecular complexity index is 485. The Labute approximate surface area is 109 Å². The van der Waals surface area contributed by atoms with Crippen molar-refractivity contribution in [2.24, 2.45) is 0 Å². The minimum atomic E-state index is 0.340. The Balaban J connectivity index is 1.94. The molecule has 0 aliphatic rings. The number of nitrogens with one attached hydrogen (secondary N) is 2. The van der Waals surface area contributed by atoms with Gasteiger partial charge in [0.1, 0.15) is 0 Å². The first-order chi connectivity index (χ1) is 8.70. The van der Waals surface area contributed by atoms with E-state index < -0.39 is 0 Å². The van der Waals surface area contributed by atoms with Gasteiger partial charge < -0.3 is 10.3 Å². The lowest BCUT2D eigenvalue weighted by Gasteiger charge is -2.14. The van der Waals surface area contributed by atoms with Crippen molar-refractivity contribution in [3.63, 3.8) is 0 Å². The lowest BCUT2D eigenvalue weighted by atomic mass is 10.0. The maximum atomic E-state index is 4.29. The summed E-state index contributed by atoms with van der Waals surface area (Å²) in [6.07, 6.45) is 2.83. The number of aromatic amines is 1. The average Bonchev–Trinajstić information content (AvgIpc) is 2.81. The smallest absolute Gasteiger partial charge is 0.0925 e. The van der Waals surface area contributed by atoms with Crippen LogP contribution < -0.4 is 5.32 Å². The summed E-state index contributed by atoms with van der Waals surface area (Å²) in [5.41, 5.74) is 4.93. The molecule has 1 aromatic heterocycles. The topological polar surface area (TPSA) is 40.7 Å². The summed E-state index contributed by atoms with van der Waals surface area (Å²) in [7, 11) is 0. The molecule has 1 heterocycles. The number of hydrogen-bond acceptors (Lipinski definition) is 2. The van der Waals surface area contributed by atoms with E-state index in [2.05, 4.69) is 53.4 Å². The number of benzene rings is 1. The van der Waals surface area contributed by atoms with Gasteiger partial charge in [-0.15, -0.1) is 0 Å². The molecule has 0 aliphatic heterocycles. The van der Waals surface area contributed by atoms with Crippen LogP contribution in [0.4, 0.5) is 0 Å². The second kappa shape index (κ2) is 5.83. The van der Waals surface area contributed by atoms with Crippen molar-refractivity contribution in [2.75, 3.05) is 0 Å². The van der Waals surface area contributed by atoms with Crippen LogP contribution in [0.15, 0.2) is 30.6 Å². The fourth-order valence-electron chi connectivity index (χ4n) is 1.98. The van der Waals surface area contributed by atoms with Gasteiger partial charge in [0.25, 0.3) is 0 Å². The second-order valence-corrected chi connectivity index (χ2v) is 4.67. The summed E-state index contributed by atoms with van der Waals surface area (Å²) in [5, 5.41) is 3.50. The summed E-state index contributed by atoms with van der Waals surface area (Å²) in [6, 6.07) is 9.15. The highest BCUT2D eigenvalue weighted by Gasteiger charge is 2.06. The van der Waals surface area contributed by atoms with E-state index in [0.29, 0.717) is 6.04 Å². The molecule has 1 atom stereocenters. The van der Waals surface area contributed by atoms with Crippen LogP contribution in [0.3, 0.4) is 0 Å². The van der Waals surface area contributed by atoms with Crippen LogP contribution in [0.5, 0.6) is 0 Å². The first-order valence-electron chi connectivity index (χ1n) is 6.51. The van der Waals surface area contributed by atoms with Crippen LogP contribution >= 0.6 is 0 Å². The lowest BCUT2D eigenvalue weighted by molar-refractivity contribution is 0.567. The van der Waals surface area contributed by atoms with Crippen molar-refractivity contribution in [1.29, 1.82) is 0 Å². The summed E-state index contributed by atoms with van der Waals surface area (Å²) >= 11 is 0. The molecule has 0 saturated carbocycles. The molecule has 1 unspecified atom stereocenters. The number of nitrogens with zero attached hydrogens (tertiary/aromatic N) is 1. The van der Waals surface area contributed by atoms with E-state index in [-0.39, 0.29) is 0 Å². The highest BCUT2D eigenvalue weighted by Crippen LogP contribution is 2.14. The number of H-pyrrole nitrogens is 1. The molecule has 2 aromatic rings. The molecule has 3 heteroatoms. The fourth-order valence-corrected chi connectivity index (χ4v) is 1.98. The van der Waals surface area contributed by atoms with E-state index in [1.165, 1.54) is 11.1 Å². The third kappa shape index (κ3) is 2.99. The number of aryl methyl sites for hydroxylation is 2. The molecule has 2 N–H and O–H groups in total. The number of rotatable bonds is 5. The standard InChI is InChI=1S/C15H21N3/c1-4-13-5-7-14(8-6-13)11(2)16-9-15-12(3)17-10-18-15/h5-8,10-11,16H,4,9H2,1-3H3,(H,17,18). The highest BCUT2D eigenvalue weighted by molar-refractivity contribution is 5.24. The maximum Gasteiger partial charge on any atom is 0.0925 e. The van der Waals surface area contributed by atoms with Gasteiger partial charge in [-0.2, -0.15) is 0 Å². The molecule has 0 amide bonds. The maximum absolute atomic E-state index is 4.29. The molecular weight excluding hydrogens is 222 g/mol. The third-order valence-electron chi connectivity index (χ3n) is 3.40. The van der Waals surface area contributed by atoms with Gasteiger partial charge in [-0.3, -0.25) is 0 Å². The highest BCUT2D eigenvalue weighted by atomic mass is 15.0. The van der Waals surface area contributed by atoms with E-state index in [1.54, 1.807) is 6.33 Å². The number of hydrogen-bond donors (Lipinski definition) is 2. The van der Waals surface area contributed by atoms with Crippen LogP contribution in [-0.2, 0) is 13.0 Å². The van der Waals surface area contributed by atoms with Crippen molar-refractivity contribution in [1.82, 2.24) is 15.3 Å². The minimum Gasteiger partial charge on any atom is -0.348 e. The van der Waals surface area contributed by atoms with Crippen molar-refractivity contribution in [3.8, 4) is 0 Å². The first-order valence-corrected chi connectivity index (χ1v) is 6.51. The molecule has 0 bridgehead atoms. The van der Waals surface area contributed by atoms with Crippen LogP contribution in [0.2, 0.25) is 0 Å². The molecule has 18 heavy (non-hydrogen) atoms. The Kier molecular flexibility index (Phi) is 4.15. The van der Waals surface area contributed by atoms with E-state index in [0.717, 1.165) is 24.4 Å². The zero-order valence-corrected chi connectivity index (χ0v) is 11.3. The zero-order valence-electron chi connectivity index (χ0n) is 11.3. The van der Waals surface area contributed by atoms with Gasteiger partial charge >= 0.3 is 0 Å². The monoisotopic (exact) mass is 243 g/mol. The molecule has 0 aliphatic carbocycles. The molecule has 1 aromatic carbocycles. The Hall–Kier alpha value is -1.61. The summed E-state index contributed by atoms with van der Waals surface area (Å²) in [5.74, 6) is 0. The van der Waals surface area contributed by atoms with E-state index >= 15 is 0 Å². The van der Waals surface area contributed by atoms with E-state index in [4.69, 9.17) is 0 Å². The summed E-state index contributed by atoms with van der Waals surface area (Å²) in [6.45, 7) is 7.21. The number of aromatic nitrogens is 2. The summed E-state index contributed by atoms with van der Waals surface area (Å²) in [4.78, 5) is 7.39. The predicted molar refractivity (Wildman–Crippen MR) is 74.4 cm³/mol. The summed E-state index contributed by atoms with van der Waals surface area (Å²) < 4.78 is 0. The van der Waals surface area contributed by atoms with Crippen molar-refractivity contribution >= 4 is 0 Å². The normalized spacial score (nSPS) is 12.6. The van der Waals surface area contributed by atoms with Crippen molar-refractivity contribution < 1.29 is 0 Å². The molecular formula is C15H21N3.